The van der Waals surface area contributed by atoms with Crippen LogP contribution in [0.1, 0.15) is 39.5 Å². The Labute approximate surface area is 132 Å². The van der Waals surface area contributed by atoms with Crippen LogP contribution in [0.3, 0.4) is 0 Å². The summed E-state index contributed by atoms with van der Waals surface area (Å²) in [5.41, 5.74) is -0.280. The third kappa shape index (κ3) is 2.37. The molecule has 126 valence electrons. The first-order chi connectivity index (χ1) is 10.3. The fourth-order valence-corrected chi connectivity index (χ4v) is 5.06. The number of methoxy groups -OCH3 is 1. The first kappa shape index (κ1) is 16.2. The van der Waals surface area contributed by atoms with Gasteiger partial charge in [0.2, 0.25) is 10.0 Å². The zero-order valence-corrected chi connectivity index (χ0v) is 14.4. The number of likely N-dealkylation sites (tertiary alicyclic amines) is 1. The average Bonchev–Trinajstić information content (AvgIpc) is 3.30. The number of β-lactam (4-membered cyclic amide) rings is 1. The van der Waals surface area contributed by atoms with Crippen molar-refractivity contribution in [3.63, 3.8) is 0 Å². The van der Waals surface area contributed by atoms with Gasteiger partial charge in [-0.05, 0) is 45.4 Å². The summed E-state index contributed by atoms with van der Waals surface area (Å²) in [6.07, 6.45) is 3.36. The second kappa shape index (κ2) is 5.46. The van der Waals surface area contributed by atoms with Crippen molar-refractivity contribution in [2.45, 2.75) is 56.4 Å². The number of rotatable bonds is 5. The molecule has 1 spiro atoms. The summed E-state index contributed by atoms with van der Waals surface area (Å²) in [7, 11) is -1.63. The number of carbonyl (C=O) groups is 1. The molecule has 6 nitrogen and oxygen atoms in total. The Bertz CT molecular complexity index is 548. The number of amides is 1. The largest absolute Gasteiger partial charge is 0.369 e. The number of ether oxygens (including phenoxy) is 1. The summed E-state index contributed by atoms with van der Waals surface area (Å²) >= 11 is 0. The fourth-order valence-electron chi connectivity index (χ4n) is 3.77. The van der Waals surface area contributed by atoms with Crippen molar-refractivity contribution in [3.8, 4) is 0 Å². The van der Waals surface area contributed by atoms with Gasteiger partial charge in [0, 0.05) is 26.7 Å². The van der Waals surface area contributed by atoms with Crippen LogP contribution in [-0.4, -0.2) is 67.2 Å². The summed E-state index contributed by atoms with van der Waals surface area (Å²) < 4.78 is 31.6. The third-order valence-electron chi connectivity index (χ3n) is 5.43. The van der Waals surface area contributed by atoms with E-state index in [1.54, 1.807) is 25.3 Å². The van der Waals surface area contributed by atoms with Gasteiger partial charge in [-0.2, -0.15) is 0 Å². The van der Waals surface area contributed by atoms with Crippen molar-refractivity contribution in [2.24, 2.45) is 5.92 Å². The Morgan fingerprint density at radius 3 is 2.32 bits per heavy atom. The monoisotopic (exact) mass is 330 g/mol. The van der Waals surface area contributed by atoms with Gasteiger partial charge in [-0.25, -0.2) is 12.7 Å². The molecule has 1 amide bonds. The second-order valence-electron chi connectivity index (χ2n) is 7.10. The molecule has 0 radical (unpaired) electrons. The predicted molar refractivity (Wildman–Crippen MR) is 82.8 cm³/mol. The lowest BCUT2D eigenvalue weighted by molar-refractivity contribution is -0.197. The standard InChI is InChI=1S/C15H26N2O4S/c1-11(2)22(19,20)16-8-6-15(7-9-16)13(21-3)14(18)17(15)10-12-4-5-12/h11-13H,4-10H2,1-3H3. The first-order valence-corrected chi connectivity index (χ1v) is 9.66. The molecule has 0 aromatic rings. The Hall–Kier alpha value is -0.660. The van der Waals surface area contributed by atoms with Crippen molar-refractivity contribution in [1.29, 1.82) is 0 Å². The topological polar surface area (TPSA) is 66.9 Å². The van der Waals surface area contributed by atoms with Crippen molar-refractivity contribution >= 4 is 15.9 Å². The number of sulfonamides is 1. The average molecular weight is 330 g/mol. The van der Waals surface area contributed by atoms with Crippen LogP contribution in [0.4, 0.5) is 0 Å². The van der Waals surface area contributed by atoms with E-state index >= 15 is 0 Å². The number of carbonyl (C=O) groups excluding carboxylic acids is 1. The summed E-state index contributed by atoms with van der Waals surface area (Å²) in [6, 6.07) is 0. The Morgan fingerprint density at radius 2 is 1.86 bits per heavy atom. The molecule has 1 unspecified atom stereocenters. The van der Waals surface area contributed by atoms with Gasteiger partial charge in [-0.1, -0.05) is 0 Å². The van der Waals surface area contributed by atoms with E-state index in [4.69, 9.17) is 4.74 Å². The molecule has 0 aromatic heterocycles. The summed E-state index contributed by atoms with van der Waals surface area (Å²) in [4.78, 5) is 14.3. The van der Waals surface area contributed by atoms with Gasteiger partial charge in [0.25, 0.3) is 5.91 Å². The van der Waals surface area contributed by atoms with Crippen LogP contribution in [0.5, 0.6) is 0 Å². The highest BCUT2D eigenvalue weighted by Crippen LogP contribution is 2.45. The van der Waals surface area contributed by atoms with Gasteiger partial charge in [-0.15, -0.1) is 0 Å². The van der Waals surface area contributed by atoms with Gasteiger partial charge < -0.3 is 9.64 Å². The van der Waals surface area contributed by atoms with E-state index in [0.29, 0.717) is 31.8 Å². The lowest BCUT2D eigenvalue weighted by Gasteiger charge is -2.59. The van der Waals surface area contributed by atoms with Gasteiger partial charge in [0.1, 0.15) is 0 Å². The summed E-state index contributed by atoms with van der Waals surface area (Å²) in [6.45, 7) is 5.20. The van der Waals surface area contributed by atoms with Crippen molar-refractivity contribution in [2.75, 3.05) is 26.7 Å². The minimum Gasteiger partial charge on any atom is -0.369 e. The maximum atomic E-state index is 12.3. The van der Waals surface area contributed by atoms with Crippen LogP contribution in [0.25, 0.3) is 0 Å². The van der Waals surface area contributed by atoms with Gasteiger partial charge in [-0.3, -0.25) is 4.79 Å². The molecule has 3 fully saturated rings. The molecule has 7 heteroatoms. The van der Waals surface area contributed by atoms with Crippen LogP contribution in [0, 0.1) is 5.92 Å². The molecular formula is C15H26N2O4S. The highest BCUT2D eigenvalue weighted by atomic mass is 32.2. The van der Waals surface area contributed by atoms with Gasteiger partial charge in [0.15, 0.2) is 6.10 Å². The van der Waals surface area contributed by atoms with E-state index in [9.17, 15) is 13.2 Å². The van der Waals surface area contributed by atoms with E-state index in [2.05, 4.69) is 0 Å². The zero-order valence-electron chi connectivity index (χ0n) is 13.6. The second-order valence-corrected chi connectivity index (χ2v) is 9.59. The third-order valence-corrected chi connectivity index (χ3v) is 7.71. The van der Waals surface area contributed by atoms with E-state index < -0.39 is 21.4 Å². The minimum atomic E-state index is -3.21. The summed E-state index contributed by atoms with van der Waals surface area (Å²) in [5, 5.41) is -0.398. The minimum absolute atomic E-state index is 0.0783. The Kier molecular flexibility index (Phi) is 4.02. The van der Waals surface area contributed by atoms with Crippen LogP contribution in [-0.2, 0) is 19.6 Å². The smallest absolute Gasteiger partial charge is 0.254 e. The number of nitrogens with zero attached hydrogens (tertiary/aromatic N) is 2. The molecule has 3 rings (SSSR count). The molecular weight excluding hydrogens is 304 g/mol. The Balaban J connectivity index is 1.73. The van der Waals surface area contributed by atoms with Gasteiger partial charge >= 0.3 is 0 Å². The molecule has 2 saturated heterocycles. The molecule has 3 aliphatic rings. The molecule has 1 aliphatic carbocycles. The van der Waals surface area contributed by atoms with Crippen molar-refractivity contribution < 1.29 is 17.9 Å². The fraction of sp³-hybridized carbons (Fsp3) is 0.933. The molecule has 0 bridgehead atoms. The van der Waals surface area contributed by atoms with Crippen LogP contribution < -0.4 is 0 Å². The molecule has 1 saturated carbocycles. The quantitative estimate of drug-likeness (QED) is 0.700. The summed E-state index contributed by atoms with van der Waals surface area (Å²) in [5.74, 6) is 0.714. The maximum absolute atomic E-state index is 12.3. The van der Waals surface area contributed by atoms with Crippen molar-refractivity contribution in [1.82, 2.24) is 9.21 Å². The normalized spacial score (nSPS) is 29.2. The maximum Gasteiger partial charge on any atom is 0.254 e. The molecule has 2 heterocycles. The highest BCUT2D eigenvalue weighted by molar-refractivity contribution is 7.89. The van der Waals surface area contributed by atoms with E-state index in [1.807, 2.05) is 4.90 Å². The Morgan fingerprint density at radius 1 is 1.27 bits per heavy atom. The lowest BCUT2D eigenvalue weighted by atomic mass is 9.73. The van der Waals surface area contributed by atoms with Gasteiger partial charge in [0.05, 0.1) is 10.8 Å². The predicted octanol–water partition coefficient (Wildman–Crippen LogP) is 0.826. The molecule has 0 aromatic carbocycles. The number of hydrogen-bond donors (Lipinski definition) is 0. The highest BCUT2D eigenvalue weighted by Gasteiger charge is 2.62. The molecule has 0 N–H and O–H groups in total. The van der Waals surface area contributed by atoms with Crippen LogP contribution >= 0.6 is 0 Å². The molecule has 22 heavy (non-hydrogen) atoms. The first-order valence-electron chi connectivity index (χ1n) is 8.16. The lowest BCUT2D eigenvalue weighted by Crippen LogP contribution is -2.77. The number of hydrogen-bond acceptors (Lipinski definition) is 4. The SMILES string of the molecule is COC1C(=O)N(CC2CC2)C12CCN(S(=O)(=O)C(C)C)CC2. The number of piperidine rings is 1. The van der Waals surface area contributed by atoms with Crippen LogP contribution in [0.15, 0.2) is 0 Å². The van der Waals surface area contributed by atoms with E-state index in [-0.39, 0.29) is 11.4 Å². The van der Waals surface area contributed by atoms with Crippen LogP contribution in [0.2, 0.25) is 0 Å². The molecule has 2 aliphatic heterocycles. The zero-order chi connectivity index (χ0) is 16.1. The van der Waals surface area contributed by atoms with E-state index in [1.165, 1.54) is 12.8 Å². The van der Waals surface area contributed by atoms with E-state index in [0.717, 1.165) is 6.54 Å². The van der Waals surface area contributed by atoms with Crippen molar-refractivity contribution in [3.05, 3.63) is 0 Å². The molecule has 1 atom stereocenters.